The Morgan fingerprint density at radius 2 is 1.64 bits per heavy atom. The van der Waals surface area contributed by atoms with Crippen molar-refractivity contribution in [1.82, 2.24) is 4.90 Å². The third-order valence-electron chi connectivity index (χ3n) is 4.61. The van der Waals surface area contributed by atoms with Gasteiger partial charge in [0.15, 0.2) is 0 Å². The van der Waals surface area contributed by atoms with E-state index in [-0.39, 0.29) is 5.91 Å². The molecule has 4 heteroatoms. The number of hydrogen-bond acceptors (Lipinski definition) is 3. The van der Waals surface area contributed by atoms with Crippen molar-refractivity contribution in [2.75, 3.05) is 36.4 Å². The molecule has 1 amide bonds. The van der Waals surface area contributed by atoms with Crippen molar-refractivity contribution in [3.63, 3.8) is 0 Å². The second kappa shape index (κ2) is 8.67. The molecule has 2 aromatic carbocycles. The molecule has 4 nitrogen and oxygen atoms in total. The van der Waals surface area contributed by atoms with Crippen molar-refractivity contribution in [3.8, 4) is 0 Å². The summed E-state index contributed by atoms with van der Waals surface area (Å²) in [6.07, 6.45) is 1.45. The molecule has 1 saturated heterocycles. The molecule has 0 bridgehead atoms. The van der Waals surface area contributed by atoms with Crippen LogP contribution in [0.1, 0.15) is 25.3 Å². The van der Waals surface area contributed by atoms with E-state index in [0.29, 0.717) is 6.42 Å². The molecule has 1 N–H and O–H groups in total. The van der Waals surface area contributed by atoms with Crippen LogP contribution in [0, 0.1) is 0 Å². The average Bonchev–Trinajstić information content (AvgIpc) is 2.64. The molecule has 0 saturated carbocycles. The van der Waals surface area contributed by atoms with Gasteiger partial charge in [-0.25, -0.2) is 0 Å². The first kappa shape index (κ1) is 17.5. The number of carbonyl (C=O) groups is 1. The number of nitrogens with zero attached hydrogens (tertiary/aromatic N) is 2. The molecule has 0 unspecified atom stereocenters. The number of piperazine rings is 1. The van der Waals surface area contributed by atoms with E-state index in [9.17, 15) is 4.79 Å². The van der Waals surface area contributed by atoms with Gasteiger partial charge in [0.25, 0.3) is 0 Å². The van der Waals surface area contributed by atoms with Gasteiger partial charge in [0.1, 0.15) is 0 Å². The Hall–Kier alpha value is -2.33. The van der Waals surface area contributed by atoms with E-state index in [1.807, 2.05) is 19.1 Å². The van der Waals surface area contributed by atoms with Gasteiger partial charge in [-0.2, -0.15) is 0 Å². The summed E-state index contributed by atoms with van der Waals surface area (Å²) in [4.78, 5) is 16.6. The molecule has 0 aliphatic carbocycles. The maximum atomic E-state index is 11.7. The maximum Gasteiger partial charge on any atom is 0.224 e. The molecule has 0 atom stereocenters. The smallest absolute Gasteiger partial charge is 0.224 e. The Kier molecular flexibility index (Phi) is 6.07. The largest absolute Gasteiger partial charge is 0.369 e. The minimum Gasteiger partial charge on any atom is -0.369 e. The fourth-order valence-electron chi connectivity index (χ4n) is 3.21. The Labute approximate surface area is 150 Å². The van der Waals surface area contributed by atoms with Crippen LogP contribution < -0.4 is 10.2 Å². The molecule has 1 aliphatic heterocycles. The van der Waals surface area contributed by atoms with Crippen LogP contribution in [0.15, 0.2) is 54.6 Å². The van der Waals surface area contributed by atoms with Crippen molar-refractivity contribution in [2.45, 2.75) is 26.3 Å². The molecule has 25 heavy (non-hydrogen) atoms. The van der Waals surface area contributed by atoms with Gasteiger partial charge in [-0.15, -0.1) is 0 Å². The third kappa shape index (κ3) is 5.07. The van der Waals surface area contributed by atoms with Gasteiger partial charge in [0, 0.05) is 50.5 Å². The average molecular weight is 337 g/mol. The first-order valence-electron chi connectivity index (χ1n) is 9.16. The molecule has 3 rings (SSSR count). The normalized spacial score (nSPS) is 15.2. The Bertz CT molecular complexity index is 661. The number of hydrogen-bond donors (Lipinski definition) is 1. The Morgan fingerprint density at radius 3 is 2.28 bits per heavy atom. The minimum atomic E-state index is 0.0878. The number of anilines is 2. The van der Waals surface area contributed by atoms with Crippen LogP contribution in [0.3, 0.4) is 0 Å². The second-order valence-electron chi connectivity index (χ2n) is 6.59. The fraction of sp³-hybridized carbons (Fsp3) is 0.381. The number of nitrogens with one attached hydrogen (secondary N) is 1. The summed E-state index contributed by atoms with van der Waals surface area (Å²) < 4.78 is 0. The van der Waals surface area contributed by atoms with Gasteiger partial charge in [-0.05, 0) is 36.2 Å². The molecule has 132 valence electrons. The summed E-state index contributed by atoms with van der Waals surface area (Å²) in [6, 6.07) is 18.9. The van der Waals surface area contributed by atoms with Crippen molar-refractivity contribution >= 4 is 17.3 Å². The van der Waals surface area contributed by atoms with E-state index in [2.05, 4.69) is 57.6 Å². The minimum absolute atomic E-state index is 0.0878. The molecule has 1 fully saturated rings. The lowest BCUT2D eigenvalue weighted by atomic mass is 10.2. The zero-order valence-corrected chi connectivity index (χ0v) is 14.9. The van der Waals surface area contributed by atoms with Gasteiger partial charge in [0.2, 0.25) is 5.91 Å². The molecule has 1 heterocycles. The van der Waals surface area contributed by atoms with E-state index < -0.39 is 0 Å². The second-order valence-corrected chi connectivity index (χ2v) is 6.59. The van der Waals surface area contributed by atoms with E-state index >= 15 is 0 Å². The standard InChI is InChI=1S/C21H27N3O/c1-2-6-21(25)22-19-9-11-20(12-10-19)24-15-13-23(14-16-24)17-18-7-4-3-5-8-18/h3-5,7-12H,2,6,13-17H2,1H3,(H,22,25). The Balaban J connectivity index is 1.50. The Morgan fingerprint density at radius 1 is 0.960 bits per heavy atom. The van der Waals surface area contributed by atoms with Crippen LogP contribution in [-0.4, -0.2) is 37.0 Å². The predicted molar refractivity (Wildman–Crippen MR) is 104 cm³/mol. The van der Waals surface area contributed by atoms with Crippen LogP contribution in [-0.2, 0) is 11.3 Å². The summed E-state index contributed by atoms with van der Waals surface area (Å²) in [7, 11) is 0. The number of rotatable bonds is 6. The number of carbonyl (C=O) groups excluding carboxylic acids is 1. The molecular formula is C21H27N3O. The summed E-state index contributed by atoms with van der Waals surface area (Å²) >= 11 is 0. The molecule has 2 aromatic rings. The zero-order chi connectivity index (χ0) is 17.5. The first-order valence-corrected chi connectivity index (χ1v) is 9.16. The quantitative estimate of drug-likeness (QED) is 0.872. The van der Waals surface area contributed by atoms with Crippen LogP contribution >= 0.6 is 0 Å². The fourth-order valence-corrected chi connectivity index (χ4v) is 3.21. The topological polar surface area (TPSA) is 35.6 Å². The maximum absolute atomic E-state index is 11.7. The van der Waals surface area contributed by atoms with E-state index in [1.165, 1.54) is 11.3 Å². The van der Waals surface area contributed by atoms with Crippen molar-refractivity contribution < 1.29 is 4.79 Å². The third-order valence-corrected chi connectivity index (χ3v) is 4.61. The highest BCUT2D eigenvalue weighted by Gasteiger charge is 2.17. The first-order chi connectivity index (χ1) is 12.2. The summed E-state index contributed by atoms with van der Waals surface area (Å²) in [5, 5.41) is 2.94. The molecular weight excluding hydrogens is 310 g/mol. The van der Waals surface area contributed by atoms with E-state index in [0.717, 1.165) is 44.8 Å². The number of benzene rings is 2. The summed E-state index contributed by atoms with van der Waals surface area (Å²) in [6.45, 7) is 7.26. The lowest BCUT2D eigenvalue weighted by Gasteiger charge is -2.36. The van der Waals surface area contributed by atoms with E-state index in [1.54, 1.807) is 0 Å². The van der Waals surface area contributed by atoms with Crippen molar-refractivity contribution in [3.05, 3.63) is 60.2 Å². The van der Waals surface area contributed by atoms with Crippen molar-refractivity contribution in [2.24, 2.45) is 0 Å². The van der Waals surface area contributed by atoms with Gasteiger partial charge < -0.3 is 10.2 Å². The zero-order valence-electron chi connectivity index (χ0n) is 14.9. The van der Waals surface area contributed by atoms with E-state index in [4.69, 9.17) is 0 Å². The van der Waals surface area contributed by atoms with Crippen LogP contribution in [0.25, 0.3) is 0 Å². The van der Waals surface area contributed by atoms with Gasteiger partial charge >= 0.3 is 0 Å². The highest BCUT2D eigenvalue weighted by molar-refractivity contribution is 5.90. The highest BCUT2D eigenvalue weighted by atomic mass is 16.1. The van der Waals surface area contributed by atoms with Gasteiger partial charge in [0.05, 0.1) is 0 Å². The number of amides is 1. The van der Waals surface area contributed by atoms with Crippen LogP contribution in [0.4, 0.5) is 11.4 Å². The molecule has 0 radical (unpaired) electrons. The summed E-state index contributed by atoms with van der Waals surface area (Å²) in [5.41, 5.74) is 3.49. The van der Waals surface area contributed by atoms with Gasteiger partial charge in [-0.1, -0.05) is 37.3 Å². The molecule has 0 spiro atoms. The molecule has 1 aliphatic rings. The molecule has 0 aromatic heterocycles. The highest BCUT2D eigenvalue weighted by Crippen LogP contribution is 2.20. The predicted octanol–water partition coefficient (Wildman–Crippen LogP) is 3.75. The monoisotopic (exact) mass is 337 g/mol. The van der Waals surface area contributed by atoms with Crippen LogP contribution in [0.5, 0.6) is 0 Å². The van der Waals surface area contributed by atoms with Crippen molar-refractivity contribution in [1.29, 1.82) is 0 Å². The lowest BCUT2D eigenvalue weighted by molar-refractivity contribution is -0.116. The van der Waals surface area contributed by atoms with Crippen LogP contribution in [0.2, 0.25) is 0 Å². The lowest BCUT2D eigenvalue weighted by Crippen LogP contribution is -2.45. The van der Waals surface area contributed by atoms with Gasteiger partial charge in [-0.3, -0.25) is 9.69 Å². The SMILES string of the molecule is CCCC(=O)Nc1ccc(N2CCN(Cc3ccccc3)CC2)cc1. The summed E-state index contributed by atoms with van der Waals surface area (Å²) in [5.74, 6) is 0.0878.